The van der Waals surface area contributed by atoms with Crippen molar-refractivity contribution in [2.75, 3.05) is 13.1 Å². The molecule has 1 saturated carbocycles. The molecule has 1 aliphatic heterocycles. The van der Waals surface area contributed by atoms with Crippen molar-refractivity contribution >= 4 is 0 Å². The molecule has 1 aliphatic carbocycles. The number of rotatable bonds is 4. The van der Waals surface area contributed by atoms with Crippen LogP contribution in [-0.4, -0.2) is 32.7 Å². The normalized spacial score (nSPS) is 22.1. The van der Waals surface area contributed by atoms with Gasteiger partial charge in [0.15, 0.2) is 5.82 Å². The first kappa shape index (κ1) is 13.5. The topological polar surface area (TPSA) is 70.9 Å². The molecule has 0 spiro atoms. The zero-order valence-electron chi connectivity index (χ0n) is 12.7. The molecule has 1 atom stereocenters. The van der Waals surface area contributed by atoms with E-state index in [0.717, 1.165) is 37.8 Å². The Hall–Kier alpha value is -2.13. The van der Waals surface area contributed by atoms with Gasteiger partial charge in [-0.3, -0.25) is 4.90 Å². The van der Waals surface area contributed by atoms with E-state index in [2.05, 4.69) is 21.1 Å². The number of nitriles is 1. The van der Waals surface area contributed by atoms with Gasteiger partial charge in [-0.05, 0) is 37.4 Å². The average Bonchev–Trinajstić information content (AvgIpc) is 2.94. The van der Waals surface area contributed by atoms with Gasteiger partial charge in [-0.1, -0.05) is 5.16 Å². The first-order valence-electron chi connectivity index (χ1n) is 7.84. The molecule has 2 aromatic heterocycles. The molecule has 0 N–H and O–H groups in total. The molecule has 6 nitrogen and oxygen atoms in total. The Morgan fingerprint density at radius 3 is 2.95 bits per heavy atom. The zero-order valence-corrected chi connectivity index (χ0v) is 12.7. The van der Waals surface area contributed by atoms with Crippen LogP contribution in [0.2, 0.25) is 0 Å². The van der Waals surface area contributed by atoms with Crippen LogP contribution in [0, 0.1) is 11.3 Å². The highest BCUT2D eigenvalue weighted by Gasteiger charge is 2.32. The summed E-state index contributed by atoms with van der Waals surface area (Å²) in [6, 6.07) is 4.17. The SMILES string of the molecule is Cn1cc(CN2CCC(c3nc(C4CC4)no3)C2)cc1C#N. The van der Waals surface area contributed by atoms with Crippen LogP contribution in [0.4, 0.5) is 0 Å². The molecular formula is C16H19N5O. The number of aryl methyl sites for hydroxylation is 1. The highest BCUT2D eigenvalue weighted by Crippen LogP contribution is 2.39. The van der Waals surface area contributed by atoms with Gasteiger partial charge in [-0.25, -0.2) is 0 Å². The summed E-state index contributed by atoms with van der Waals surface area (Å²) in [6.45, 7) is 2.85. The van der Waals surface area contributed by atoms with E-state index in [1.54, 1.807) is 0 Å². The van der Waals surface area contributed by atoms with E-state index >= 15 is 0 Å². The zero-order chi connectivity index (χ0) is 15.1. The average molecular weight is 297 g/mol. The predicted octanol–water partition coefficient (Wildman–Crippen LogP) is 2.15. The summed E-state index contributed by atoms with van der Waals surface area (Å²) in [7, 11) is 1.91. The third-order valence-corrected chi connectivity index (χ3v) is 4.60. The third kappa shape index (κ3) is 2.53. The monoisotopic (exact) mass is 297 g/mol. The summed E-state index contributed by atoms with van der Waals surface area (Å²) in [4.78, 5) is 6.97. The molecule has 0 amide bonds. The molecule has 0 bridgehead atoms. The van der Waals surface area contributed by atoms with Crippen LogP contribution in [-0.2, 0) is 13.6 Å². The minimum Gasteiger partial charge on any atom is -0.342 e. The Kier molecular flexibility index (Phi) is 3.23. The van der Waals surface area contributed by atoms with Crippen LogP contribution < -0.4 is 0 Å². The van der Waals surface area contributed by atoms with Crippen molar-refractivity contribution in [2.24, 2.45) is 7.05 Å². The fourth-order valence-corrected chi connectivity index (χ4v) is 3.19. The van der Waals surface area contributed by atoms with Gasteiger partial charge < -0.3 is 9.09 Å². The first-order valence-corrected chi connectivity index (χ1v) is 7.84. The van der Waals surface area contributed by atoms with Gasteiger partial charge in [0.05, 0.1) is 5.92 Å². The van der Waals surface area contributed by atoms with Crippen LogP contribution >= 0.6 is 0 Å². The minimum absolute atomic E-state index is 0.346. The number of aromatic nitrogens is 3. The molecule has 1 unspecified atom stereocenters. The molecule has 0 aromatic carbocycles. The van der Waals surface area contributed by atoms with Crippen molar-refractivity contribution < 1.29 is 4.52 Å². The van der Waals surface area contributed by atoms with Gasteiger partial charge in [0.2, 0.25) is 5.89 Å². The number of likely N-dealkylation sites (tertiary alicyclic amines) is 1. The number of nitrogens with zero attached hydrogens (tertiary/aromatic N) is 5. The Bertz CT molecular complexity index is 721. The van der Waals surface area contributed by atoms with Crippen molar-refractivity contribution in [2.45, 2.75) is 37.6 Å². The van der Waals surface area contributed by atoms with E-state index in [4.69, 9.17) is 9.78 Å². The predicted molar refractivity (Wildman–Crippen MR) is 79.0 cm³/mol. The summed E-state index contributed by atoms with van der Waals surface area (Å²) in [5, 5.41) is 13.1. The van der Waals surface area contributed by atoms with Crippen molar-refractivity contribution in [3.63, 3.8) is 0 Å². The lowest BCUT2D eigenvalue weighted by Crippen LogP contribution is -2.19. The van der Waals surface area contributed by atoms with E-state index in [-0.39, 0.29) is 0 Å². The Balaban J connectivity index is 1.40. The molecule has 2 aliphatic rings. The summed E-state index contributed by atoms with van der Waals surface area (Å²) in [5.41, 5.74) is 1.89. The highest BCUT2D eigenvalue weighted by atomic mass is 16.5. The molecule has 0 radical (unpaired) electrons. The van der Waals surface area contributed by atoms with Gasteiger partial charge in [-0.2, -0.15) is 10.2 Å². The fraction of sp³-hybridized carbons (Fsp3) is 0.562. The minimum atomic E-state index is 0.346. The number of hydrogen-bond acceptors (Lipinski definition) is 5. The van der Waals surface area contributed by atoms with Crippen LogP contribution in [0.5, 0.6) is 0 Å². The standard InChI is InChI=1S/C16H19N5O/c1-20-8-11(6-14(20)7-17)9-21-5-4-13(10-21)16-18-15(19-22-16)12-2-3-12/h6,8,12-13H,2-5,9-10H2,1H3. The maximum atomic E-state index is 9.02. The van der Waals surface area contributed by atoms with E-state index < -0.39 is 0 Å². The molecular weight excluding hydrogens is 278 g/mol. The Morgan fingerprint density at radius 1 is 1.36 bits per heavy atom. The van der Waals surface area contributed by atoms with Crippen LogP contribution in [0.25, 0.3) is 0 Å². The van der Waals surface area contributed by atoms with E-state index in [1.165, 1.54) is 18.4 Å². The van der Waals surface area contributed by atoms with E-state index in [9.17, 15) is 0 Å². The van der Waals surface area contributed by atoms with Gasteiger partial charge in [0, 0.05) is 32.3 Å². The fourth-order valence-electron chi connectivity index (χ4n) is 3.19. The second-order valence-corrected chi connectivity index (χ2v) is 6.44. The number of hydrogen-bond donors (Lipinski definition) is 0. The Morgan fingerprint density at radius 2 is 2.23 bits per heavy atom. The highest BCUT2D eigenvalue weighted by molar-refractivity contribution is 5.28. The summed E-state index contributed by atoms with van der Waals surface area (Å²) in [5.74, 6) is 2.59. The van der Waals surface area contributed by atoms with Crippen LogP contribution in [0.15, 0.2) is 16.8 Å². The lowest BCUT2D eigenvalue weighted by Gasteiger charge is -2.13. The summed E-state index contributed by atoms with van der Waals surface area (Å²) in [6.07, 6.45) is 5.49. The second kappa shape index (κ2) is 5.25. The van der Waals surface area contributed by atoms with Crippen LogP contribution in [0.1, 0.15) is 54.1 Å². The van der Waals surface area contributed by atoms with E-state index in [1.807, 2.05) is 23.9 Å². The van der Waals surface area contributed by atoms with Gasteiger partial charge in [0.1, 0.15) is 11.8 Å². The smallest absolute Gasteiger partial charge is 0.231 e. The summed E-state index contributed by atoms with van der Waals surface area (Å²) < 4.78 is 7.33. The first-order chi connectivity index (χ1) is 10.7. The maximum absolute atomic E-state index is 9.02. The maximum Gasteiger partial charge on any atom is 0.231 e. The largest absolute Gasteiger partial charge is 0.342 e. The third-order valence-electron chi connectivity index (χ3n) is 4.60. The van der Waals surface area contributed by atoms with Crippen molar-refractivity contribution in [3.8, 4) is 6.07 Å². The van der Waals surface area contributed by atoms with Gasteiger partial charge in [-0.15, -0.1) is 0 Å². The van der Waals surface area contributed by atoms with Gasteiger partial charge in [0.25, 0.3) is 0 Å². The molecule has 1 saturated heterocycles. The molecule has 22 heavy (non-hydrogen) atoms. The van der Waals surface area contributed by atoms with Crippen molar-refractivity contribution in [1.82, 2.24) is 19.6 Å². The van der Waals surface area contributed by atoms with Crippen LogP contribution in [0.3, 0.4) is 0 Å². The van der Waals surface area contributed by atoms with Crippen molar-refractivity contribution in [1.29, 1.82) is 5.26 Å². The second-order valence-electron chi connectivity index (χ2n) is 6.44. The quantitative estimate of drug-likeness (QED) is 0.864. The molecule has 114 valence electrons. The Labute approximate surface area is 129 Å². The molecule has 4 rings (SSSR count). The molecule has 2 fully saturated rings. The summed E-state index contributed by atoms with van der Waals surface area (Å²) >= 11 is 0. The lowest BCUT2D eigenvalue weighted by atomic mass is 10.1. The molecule has 3 heterocycles. The molecule has 2 aromatic rings. The molecule has 6 heteroatoms. The van der Waals surface area contributed by atoms with Crippen molar-refractivity contribution in [3.05, 3.63) is 35.2 Å². The lowest BCUT2D eigenvalue weighted by molar-refractivity contribution is 0.308. The van der Waals surface area contributed by atoms with Gasteiger partial charge >= 0.3 is 0 Å². The van der Waals surface area contributed by atoms with E-state index in [0.29, 0.717) is 17.5 Å².